The average Bonchev–Trinajstić information content (AvgIpc) is 2.80. The fraction of sp³-hybridized carbons (Fsp3) is 0.583. The average molecular weight is 319 g/mol. The highest BCUT2D eigenvalue weighted by atomic mass is 32.2. The van der Waals surface area contributed by atoms with E-state index in [1.165, 1.54) is 6.92 Å². The van der Waals surface area contributed by atoms with Crippen molar-refractivity contribution < 1.29 is 31.9 Å². The molecule has 0 spiro atoms. The first-order chi connectivity index (χ1) is 9.71. The van der Waals surface area contributed by atoms with Gasteiger partial charge in [-0.1, -0.05) is 0 Å². The second-order valence-corrected chi connectivity index (χ2v) is 6.35. The van der Waals surface area contributed by atoms with Crippen LogP contribution in [0, 0.1) is 0 Å². The molecule has 0 aromatic rings. The van der Waals surface area contributed by atoms with Crippen molar-refractivity contribution in [3.05, 3.63) is 12.4 Å². The Kier molecular flexibility index (Phi) is 5.89. The van der Waals surface area contributed by atoms with Crippen LogP contribution in [0.15, 0.2) is 12.4 Å². The minimum Gasteiger partial charge on any atom is -0.474 e. The molecule has 0 amide bonds. The van der Waals surface area contributed by atoms with Crippen LogP contribution in [0.4, 0.5) is 0 Å². The van der Waals surface area contributed by atoms with Gasteiger partial charge in [0.25, 0.3) is 5.71 Å². The smallest absolute Gasteiger partial charge is 0.396 e. The molecule has 1 N–H and O–H groups in total. The van der Waals surface area contributed by atoms with Crippen molar-refractivity contribution in [2.24, 2.45) is 0 Å². The predicted octanol–water partition coefficient (Wildman–Crippen LogP) is -0.0382. The Morgan fingerprint density at radius 2 is 2.00 bits per heavy atom. The minimum atomic E-state index is -3.79. The van der Waals surface area contributed by atoms with Gasteiger partial charge in [0.1, 0.15) is 0 Å². The van der Waals surface area contributed by atoms with Gasteiger partial charge in [0.2, 0.25) is 6.67 Å². The van der Waals surface area contributed by atoms with E-state index < -0.39 is 22.1 Å². The molecule has 0 aromatic heterocycles. The molecule has 0 unspecified atom stereocenters. The summed E-state index contributed by atoms with van der Waals surface area (Å²) >= 11 is 0. The van der Waals surface area contributed by atoms with Gasteiger partial charge in [-0.05, 0) is 12.8 Å². The molecule has 0 saturated heterocycles. The number of aliphatic carboxylic acids is 1. The van der Waals surface area contributed by atoms with E-state index in [9.17, 15) is 18.0 Å². The third-order valence-corrected chi connectivity index (χ3v) is 4.14. The van der Waals surface area contributed by atoms with Crippen LogP contribution in [0.5, 0.6) is 0 Å². The SMILES string of the molecule is CC(=O)OS(=O)(=O)CCCCN1C=C[N+](=C(C)C(=O)O)C1. The van der Waals surface area contributed by atoms with Crippen LogP contribution >= 0.6 is 0 Å². The lowest BCUT2D eigenvalue weighted by molar-refractivity contribution is -0.463. The van der Waals surface area contributed by atoms with Crippen LogP contribution in [0.25, 0.3) is 0 Å². The maximum absolute atomic E-state index is 11.3. The molecule has 0 radical (unpaired) electrons. The van der Waals surface area contributed by atoms with Crippen molar-refractivity contribution in [2.75, 3.05) is 19.0 Å². The van der Waals surface area contributed by atoms with E-state index in [0.29, 0.717) is 26.1 Å². The molecule has 0 aromatic carbocycles. The second kappa shape index (κ2) is 7.21. The quantitative estimate of drug-likeness (QED) is 0.399. The van der Waals surface area contributed by atoms with Crippen molar-refractivity contribution >= 4 is 27.8 Å². The summed E-state index contributed by atoms with van der Waals surface area (Å²) < 4.78 is 28.4. The zero-order valence-electron chi connectivity index (χ0n) is 12.0. The monoisotopic (exact) mass is 319 g/mol. The number of carboxylic acid groups (broad SMARTS) is 1. The first kappa shape index (κ1) is 17.2. The standard InChI is InChI=1S/C12H18N2O6S/c1-10(12(16)17)14-7-6-13(9-14)5-3-4-8-21(18,19)20-11(2)15/h6-7H,3-5,8-9H2,1-2H3/p+1. The molecule has 1 aliphatic heterocycles. The molecule has 8 nitrogen and oxygen atoms in total. The van der Waals surface area contributed by atoms with Gasteiger partial charge in [-0.3, -0.25) is 4.79 Å². The van der Waals surface area contributed by atoms with Crippen molar-refractivity contribution in [3.63, 3.8) is 0 Å². The van der Waals surface area contributed by atoms with Crippen LogP contribution < -0.4 is 0 Å². The number of carboxylic acids is 1. The van der Waals surface area contributed by atoms with E-state index in [4.69, 9.17) is 5.11 Å². The Hall–Kier alpha value is -1.90. The highest BCUT2D eigenvalue weighted by Gasteiger charge is 2.22. The summed E-state index contributed by atoms with van der Waals surface area (Å²) in [6.45, 7) is 3.58. The van der Waals surface area contributed by atoms with Crippen molar-refractivity contribution in [3.8, 4) is 0 Å². The molecule has 0 saturated carbocycles. The van der Waals surface area contributed by atoms with Crippen molar-refractivity contribution in [1.29, 1.82) is 0 Å². The maximum atomic E-state index is 11.3. The van der Waals surface area contributed by atoms with Gasteiger partial charge in [-0.15, -0.1) is 0 Å². The third-order valence-electron chi connectivity index (χ3n) is 2.87. The van der Waals surface area contributed by atoms with E-state index in [1.54, 1.807) is 17.0 Å². The second-order valence-electron chi connectivity index (χ2n) is 4.66. The zero-order chi connectivity index (χ0) is 16.0. The fourth-order valence-corrected chi connectivity index (χ4v) is 2.76. The van der Waals surface area contributed by atoms with E-state index >= 15 is 0 Å². The number of carbonyl (C=O) groups is 2. The summed E-state index contributed by atoms with van der Waals surface area (Å²) in [4.78, 5) is 23.3. The van der Waals surface area contributed by atoms with E-state index in [2.05, 4.69) is 4.18 Å². The maximum Gasteiger partial charge on any atom is 0.396 e. The largest absolute Gasteiger partial charge is 0.474 e. The Bertz CT molecular complexity index is 579. The van der Waals surface area contributed by atoms with Gasteiger partial charge in [0, 0.05) is 20.4 Å². The highest BCUT2D eigenvalue weighted by molar-refractivity contribution is 7.87. The summed E-state index contributed by atoms with van der Waals surface area (Å²) in [5.74, 6) is -2.03. The molecule has 0 atom stereocenters. The molecule has 118 valence electrons. The topological polar surface area (TPSA) is 104 Å². The Balaban J connectivity index is 2.33. The Morgan fingerprint density at radius 1 is 1.33 bits per heavy atom. The number of nitrogens with zero attached hydrogens (tertiary/aromatic N) is 2. The lowest BCUT2D eigenvalue weighted by Crippen LogP contribution is -2.27. The van der Waals surface area contributed by atoms with E-state index in [-0.39, 0.29) is 11.5 Å². The third kappa shape index (κ3) is 5.94. The molecule has 0 aliphatic carbocycles. The van der Waals surface area contributed by atoms with Gasteiger partial charge in [-0.2, -0.15) is 13.0 Å². The number of hydrogen-bond acceptors (Lipinski definition) is 6. The number of rotatable bonds is 7. The molecule has 9 heteroatoms. The molecule has 1 aliphatic rings. The lowest BCUT2D eigenvalue weighted by atomic mass is 10.3. The number of unbranched alkanes of at least 4 members (excludes halogenated alkanes) is 1. The first-order valence-electron chi connectivity index (χ1n) is 6.40. The van der Waals surface area contributed by atoms with Crippen molar-refractivity contribution in [1.82, 2.24) is 4.90 Å². The number of hydrogen-bond donors (Lipinski definition) is 1. The molecule has 0 fully saturated rings. The Morgan fingerprint density at radius 3 is 2.57 bits per heavy atom. The van der Waals surface area contributed by atoms with Crippen LogP contribution in [-0.2, 0) is 23.9 Å². The molecule has 21 heavy (non-hydrogen) atoms. The van der Waals surface area contributed by atoms with Gasteiger partial charge in [0.05, 0.1) is 12.0 Å². The molecule has 0 bridgehead atoms. The van der Waals surface area contributed by atoms with Gasteiger partial charge < -0.3 is 14.2 Å². The van der Waals surface area contributed by atoms with Gasteiger partial charge >= 0.3 is 22.1 Å². The number of carbonyl (C=O) groups excluding carboxylic acids is 1. The van der Waals surface area contributed by atoms with Crippen LogP contribution in [0.3, 0.4) is 0 Å². The zero-order valence-corrected chi connectivity index (χ0v) is 12.8. The first-order valence-corrected chi connectivity index (χ1v) is 7.97. The van der Waals surface area contributed by atoms with Gasteiger partial charge in [0.15, 0.2) is 6.20 Å². The summed E-state index contributed by atoms with van der Waals surface area (Å²) in [5, 5.41) is 8.87. The van der Waals surface area contributed by atoms with Crippen molar-refractivity contribution in [2.45, 2.75) is 26.7 Å². The molecule has 1 rings (SSSR count). The lowest BCUT2D eigenvalue weighted by Gasteiger charge is -2.11. The molecular formula is C12H19N2O6S+. The Labute approximate surface area is 123 Å². The predicted molar refractivity (Wildman–Crippen MR) is 74.1 cm³/mol. The minimum absolute atomic E-state index is 0.214. The normalized spacial score (nSPS) is 17.0. The molecule has 1 heterocycles. The summed E-state index contributed by atoms with van der Waals surface area (Å²) in [6.07, 6.45) is 4.37. The van der Waals surface area contributed by atoms with E-state index in [1.807, 2.05) is 4.90 Å². The van der Waals surface area contributed by atoms with Crippen LogP contribution in [0.1, 0.15) is 26.7 Å². The summed E-state index contributed by atoms with van der Waals surface area (Å²) in [5.41, 5.74) is 0.228. The van der Waals surface area contributed by atoms with Crippen LogP contribution in [0.2, 0.25) is 0 Å². The van der Waals surface area contributed by atoms with E-state index in [0.717, 1.165) is 6.92 Å². The highest BCUT2D eigenvalue weighted by Crippen LogP contribution is 2.06. The molecular weight excluding hydrogens is 300 g/mol. The van der Waals surface area contributed by atoms with Gasteiger partial charge in [-0.25, -0.2) is 4.79 Å². The fourth-order valence-electron chi connectivity index (χ4n) is 1.76. The van der Waals surface area contributed by atoms with Crippen LogP contribution in [-0.4, -0.2) is 59.6 Å². The summed E-state index contributed by atoms with van der Waals surface area (Å²) in [7, 11) is -3.79. The summed E-state index contributed by atoms with van der Waals surface area (Å²) in [6, 6.07) is 0.